The van der Waals surface area contributed by atoms with Crippen LogP contribution < -0.4 is 14.8 Å². The Morgan fingerprint density at radius 3 is 2.41 bits per heavy atom. The number of carbonyl (C=O) groups excluding carboxylic acids is 1. The minimum atomic E-state index is -0.688. The number of methoxy groups -OCH3 is 1. The van der Waals surface area contributed by atoms with E-state index in [1.54, 1.807) is 26.2 Å². The number of carbonyl (C=O) groups is 1. The zero-order valence-electron chi connectivity index (χ0n) is 22.3. The van der Waals surface area contributed by atoms with Crippen molar-refractivity contribution in [1.82, 2.24) is 10.2 Å². The first-order valence-electron chi connectivity index (χ1n) is 12.9. The molecule has 3 unspecified atom stereocenters. The summed E-state index contributed by atoms with van der Waals surface area (Å²) in [5.74, 6) is 1.28. The van der Waals surface area contributed by atoms with Gasteiger partial charge in [0.1, 0.15) is 11.5 Å². The first-order valence-corrected chi connectivity index (χ1v) is 13.3. The van der Waals surface area contributed by atoms with Crippen LogP contribution in [0, 0.1) is 0 Å². The van der Waals surface area contributed by atoms with Crippen molar-refractivity contribution < 1.29 is 14.3 Å². The van der Waals surface area contributed by atoms with Crippen LogP contribution in [-0.2, 0) is 16.8 Å². The number of likely N-dealkylation sites (tertiary alicyclic amines) is 1. The van der Waals surface area contributed by atoms with E-state index in [0.717, 1.165) is 29.7 Å². The van der Waals surface area contributed by atoms with Crippen LogP contribution in [0.25, 0.3) is 0 Å². The van der Waals surface area contributed by atoms with E-state index in [-0.39, 0.29) is 23.5 Å². The van der Waals surface area contributed by atoms with Gasteiger partial charge in [-0.1, -0.05) is 87.0 Å². The second-order valence-electron chi connectivity index (χ2n) is 10.6. The Morgan fingerprint density at radius 1 is 1.03 bits per heavy atom. The highest BCUT2D eigenvalue weighted by atomic mass is 35.5. The maximum absolute atomic E-state index is 13.9. The maximum atomic E-state index is 13.9. The van der Waals surface area contributed by atoms with Crippen molar-refractivity contribution in [2.45, 2.75) is 70.8 Å². The molecule has 5 nitrogen and oxygen atoms in total. The first-order chi connectivity index (χ1) is 17.7. The van der Waals surface area contributed by atoms with Crippen LogP contribution in [0.5, 0.6) is 11.5 Å². The van der Waals surface area contributed by atoms with E-state index in [9.17, 15) is 4.79 Å². The first kappa shape index (κ1) is 27.0. The highest BCUT2D eigenvalue weighted by Crippen LogP contribution is 2.37. The Balaban J connectivity index is 1.58. The monoisotopic (exact) mass is 520 g/mol. The van der Waals surface area contributed by atoms with Crippen molar-refractivity contribution in [3.8, 4) is 11.5 Å². The molecule has 0 bridgehead atoms. The molecule has 6 heteroatoms. The van der Waals surface area contributed by atoms with Crippen LogP contribution in [0.1, 0.15) is 63.3 Å². The largest absolute Gasteiger partial charge is 0.496 e. The van der Waals surface area contributed by atoms with Crippen LogP contribution in [0.4, 0.5) is 0 Å². The predicted octanol–water partition coefficient (Wildman–Crippen LogP) is 6.89. The number of ether oxygens (including phenoxy) is 2. The number of halogens is 1. The van der Waals surface area contributed by atoms with E-state index in [1.165, 1.54) is 5.56 Å². The fourth-order valence-corrected chi connectivity index (χ4v) is 5.10. The van der Waals surface area contributed by atoms with E-state index >= 15 is 0 Å². The minimum absolute atomic E-state index is 0.0280. The molecule has 3 aromatic carbocycles. The lowest BCUT2D eigenvalue weighted by molar-refractivity contribution is -0.141. The lowest BCUT2D eigenvalue weighted by Gasteiger charge is -2.33. The molecule has 1 aliphatic rings. The molecule has 37 heavy (non-hydrogen) atoms. The quantitative estimate of drug-likeness (QED) is 0.351. The van der Waals surface area contributed by atoms with Gasteiger partial charge in [-0.25, -0.2) is 0 Å². The Kier molecular flexibility index (Phi) is 8.46. The third kappa shape index (κ3) is 6.28. The molecule has 1 fully saturated rings. The van der Waals surface area contributed by atoms with E-state index in [2.05, 4.69) is 50.4 Å². The molecular formula is C31H37ClN2O3. The molecule has 3 atom stereocenters. The average Bonchev–Trinajstić information content (AvgIpc) is 3.32. The summed E-state index contributed by atoms with van der Waals surface area (Å²) in [4.78, 5) is 15.8. The van der Waals surface area contributed by atoms with Gasteiger partial charge in [0.05, 0.1) is 24.3 Å². The van der Waals surface area contributed by atoms with E-state index in [4.69, 9.17) is 21.1 Å². The van der Waals surface area contributed by atoms with Crippen LogP contribution in [0.3, 0.4) is 0 Å². The van der Waals surface area contributed by atoms with Gasteiger partial charge >= 0.3 is 0 Å². The number of amides is 1. The Morgan fingerprint density at radius 2 is 1.73 bits per heavy atom. The van der Waals surface area contributed by atoms with Gasteiger partial charge in [-0.15, -0.1) is 0 Å². The summed E-state index contributed by atoms with van der Waals surface area (Å²) >= 11 is 6.30. The Labute approximate surface area is 225 Å². The van der Waals surface area contributed by atoms with Gasteiger partial charge in [-0.05, 0) is 54.5 Å². The average molecular weight is 521 g/mol. The van der Waals surface area contributed by atoms with Crippen LogP contribution in [0.15, 0.2) is 72.8 Å². The lowest BCUT2D eigenvalue weighted by atomic mass is 9.86. The van der Waals surface area contributed by atoms with E-state index in [0.29, 0.717) is 17.3 Å². The Bertz CT molecular complexity index is 1210. The van der Waals surface area contributed by atoms with E-state index < -0.39 is 6.10 Å². The smallest absolute Gasteiger partial charge is 0.265 e. The molecule has 1 amide bonds. The van der Waals surface area contributed by atoms with Gasteiger partial charge in [0.15, 0.2) is 6.10 Å². The zero-order valence-corrected chi connectivity index (χ0v) is 23.1. The summed E-state index contributed by atoms with van der Waals surface area (Å²) in [6, 6.07) is 23.8. The molecule has 1 N–H and O–H groups in total. The molecule has 1 heterocycles. The number of para-hydroxylation sites is 1. The van der Waals surface area contributed by atoms with Gasteiger partial charge in [0.25, 0.3) is 5.91 Å². The second kappa shape index (κ2) is 11.6. The molecule has 0 spiro atoms. The maximum Gasteiger partial charge on any atom is 0.265 e. The molecule has 1 saturated heterocycles. The predicted molar refractivity (Wildman–Crippen MR) is 149 cm³/mol. The number of rotatable bonds is 8. The van der Waals surface area contributed by atoms with Crippen LogP contribution in [0.2, 0.25) is 5.02 Å². The summed E-state index contributed by atoms with van der Waals surface area (Å²) in [6.45, 7) is 8.98. The van der Waals surface area contributed by atoms with Gasteiger partial charge in [0, 0.05) is 12.1 Å². The molecule has 0 aliphatic carbocycles. The normalized spacial score (nSPS) is 18.5. The number of hydrogen-bond donors (Lipinski definition) is 1. The van der Waals surface area contributed by atoms with Gasteiger partial charge < -0.3 is 14.4 Å². The molecule has 0 aromatic heterocycles. The summed E-state index contributed by atoms with van der Waals surface area (Å²) in [7, 11) is 1.69. The van der Waals surface area contributed by atoms with Crippen molar-refractivity contribution in [3.63, 3.8) is 0 Å². The van der Waals surface area contributed by atoms with Gasteiger partial charge in [-0.3, -0.25) is 10.1 Å². The second-order valence-corrected chi connectivity index (χ2v) is 11.0. The van der Waals surface area contributed by atoms with Crippen LogP contribution in [-0.4, -0.2) is 30.2 Å². The lowest BCUT2D eigenvalue weighted by Crippen LogP contribution is -2.49. The van der Waals surface area contributed by atoms with Gasteiger partial charge in [-0.2, -0.15) is 0 Å². The molecule has 196 valence electrons. The molecular weight excluding hydrogens is 484 g/mol. The number of benzene rings is 3. The highest BCUT2D eigenvalue weighted by molar-refractivity contribution is 6.32. The van der Waals surface area contributed by atoms with Crippen LogP contribution >= 0.6 is 11.6 Å². The van der Waals surface area contributed by atoms with E-state index in [1.807, 2.05) is 41.3 Å². The number of nitrogens with one attached hydrogen (secondary N) is 1. The van der Waals surface area contributed by atoms with Crippen molar-refractivity contribution in [3.05, 3.63) is 94.5 Å². The SMILES string of the molecule is COc1ccc(C(C)(C)C)cc1CNC1CCC(c2ccccc2)N1C(=O)C(C)Oc1ccccc1Cl. The third-order valence-electron chi connectivity index (χ3n) is 6.99. The molecule has 1 aliphatic heterocycles. The fraction of sp³-hybridized carbons (Fsp3) is 0.387. The summed E-state index contributed by atoms with van der Waals surface area (Å²) < 4.78 is 11.7. The number of hydrogen-bond acceptors (Lipinski definition) is 4. The summed E-state index contributed by atoms with van der Waals surface area (Å²) in [6.07, 6.45) is 0.877. The zero-order chi connectivity index (χ0) is 26.6. The standard InChI is InChI=1S/C31H37ClN2O3/c1-21(37-28-14-10-9-13-25(28)32)30(35)34-26(22-11-7-6-8-12-22)16-18-29(34)33-20-23-19-24(31(2,3)4)15-17-27(23)36-5/h6-15,17,19,21,26,29,33H,16,18,20H2,1-5H3. The van der Waals surface area contributed by atoms with Crippen molar-refractivity contribution in [2.75, 3.05) is 7.11 Å². The van der Waals surface area contributed by atoms with Crippen molar-refractivity contribution >= 4 is 17.5 Å². The van der Waals surface area contributed by atoms with Crippen molar-refractivity contribution in [2.24, 2.45) is 0 Å². The summed E-state index contributed by atoms with van der Waals surface area (Å²) in [5, 5.41) is 4.15. The highest BCUT2D eigenvalue weighted by Gasteiger charge is 2.40. The van der Waals surface area contributed by atoms with Gasteiger partial charge in [0.2, 0.25) is 0 Å². The topological polar surface area (TPSA) is 50.8 Å². The molecule has 0 radical (unpaired) electrons. The Hall–Kier alpha value is -3.02. The fourth-order valence-electron chi connectivity index (χ4n) is 4.92. The number of nitrogens with zero attached hydrogens (tertiary/aromatic N) is 1. The molecule has 3 aromatic rings. The third-order valence-corrected chi connectivity index (χ3v) is 7.30. The van der Waals surface area contributed by atoms with Crippen molar-refractivity contribution in [1.29, 1.82) is 0 Å². The molecule has 0 saturated carbocycles. The molecule has 4 rings (SSSR count). The summed E-state index contributed by atoms with van der Waals surface area (Å²) in [5.41, 5.74) is 3.47. The minimum Gasteiger partial charge on any atom is -0.496 e.